The highest BCUT2D eigenvalue weighted by Crippen LogP contribution is 2.35. The van der Waals surface area contributed by atoms with Crippen LogP contribution in [-0.2, 0) is 23.8 Å². The van der Waals surface area contributed by atoms with Crippen LogP contribution in [0.15, 0.2) is 0 Å². The molecule has 8 heteroatoms. The van der Waals surface area contributed by atoms with Crippen LogP contribution in [0, 0.1) is 34.0 Å². The fourth-order valence-electron chi connectivity index (χ4n) is 4.75. The SMILES string of the molecule is CC(C)CCOCCNC(=O)C(C)(C)CC(C)(C)OC(C)(C)CCOC(C)(C)CNC(=O)CCC(C)(C#N)C(C)C. The molecule has 0 saturated heterocycles. The van der Waals surface area contributed by atoms with Crippen LogP contribution in [0.4, 0.5) is 0 Å². The van der Waals surface area contributed by atoms with E-state index in [9.17, 15) is 14.9 Å². The van der Waals surface area contributed by atoms with Gasteiger partial charge in [0, 0.05) is 31.5 Å². The van der Waals surface area contributed by atoms with Gasteiger partial charge in [-0.3, -0.25) is 9.59 Å². The first-order valence-corrected chi connectivity index (χ1v) is 15.4. The maximum Gasteiger partial charge on any atom is 0.225 e. The zero-order valence-corrected chi connectivity index (χ0v) is 28.7. The van der Waals surface area contributed by atoms with Gasteiger partial charge in [0.2, 0.25) is 11.8 Å². The molecular weight excluding hydrogens is 518 g/mol. The number of hydrogen-bond acceptors (Lipinski definition) is 6. The molecule has 240 valence electrons. The fraction of sp³-hybridized carbons (Fsp3) is 0.909. The van der Waals surface area contributed by atoms with E-state index in [1.807, 2.05) is 76.2 Å². The Morgan fingerprint density at radius 1 is 0.805 bits per heavy atom. The summed E-state index contributed by atoms with van der Waals surface area (Å²) in [5.41, 5.74) is -2.66. The number of hydrogen-bond donors (Lipinski definition) is 2. The van der Waals surface area contributed by atoms with E-state index in [-0.39, 0.29) is 17.7 Å². The number of carbonyl (C=O) groups excluding carboxylic acids is 2. The molecule has 0 aliphatic heterocycles. The van der Waals surface area contributed by atoms with Crippen LogP contribution in [0.5, 0.6) is 0 Å². The monoisotopic (exact) mass is 581 g/mol. The summed E-state index contributed by atoms with van der Waals surface area (Å²) in [6, 6.07) is 2.36. The summed E-state index contributed by atoms with van der Waals surface area (Å²) in [4.78, 5) is 25.3. The minimum absolute atomic E-state index is 0.00646. The van der Waals surface area contributed by atoms with E-state index in [1.165, 1.54) is 0 Å². The topological polar surface area (TPSA) is 110 Å². The van der Waals surface area contributed by atoms with Gasteiger partial charge in [-0.2, -0.15) is 5.26 Å². The van der Waals surface area contributed by atoms with Crippen molar-refractivity contribution in [2.24, 2.45) is 22.7 Å². The highest BCUT2D eigenvalue weighted by atomic mass is 16.5. The molecule has 1 unspecified atom stereocenters. The number of carbonyl (C=O) groups is 2. The molecule has 1 atom stereocenters. The first kappa shape index (κ1) is 39.3. The lowest BCUT2D eigenvalue weighted by Crippen LogP contribution is -2.46. The summed E-state index contributed by atoms with van der Waals surface area (Å²) in [7, 11) is 0. The quantitative estimate of drug-likeness (QED) is 0.151. The zero-order valence-electron chi connectivity index (χ0n) is 28.7. The molecule has 0 aromatic rings. The van der Waals surface area contributed by atoms with Gasteiger partial charge in [-0.1, -0.05) is 41.5 Å². The Kier molecular flexibility index (Phi) is 16.1. The first-order chi connectivity index (χ1) is 18.6. The van der Waals surface area contributed by atoms with Crippen molar-refractivity contribution < 1.29 is 23.8 Å². The Morgan fingerprint density at radius 2 is 1.41 bits per heavy atom. The standard InChI is InChI=1S/C33H63N3O5/c1-25(2)15-19-39-21-18-35-28(38)29(5,6)22-31(9,10)41-30(7,8)17-20-40-32(11,12)24-36-27(37)14-16-33(13,23-34)26(3)4/h25-26H,14-22,24H2,1-13H3,(H,35,38)(H,36,37). The van der Waals surface area contributed by atoms with Gasteiger partial charge in [0.1, 0.15) is 0 Å². The van der Waals surface area contributed by atoms with E-state index in [4.69, 9.17) is 14.2 Å². The zero-order chi connectivity index (χ0) is 32.1. The Labute approximate surface area is 252 Å². The van der Waals surface area contributed by atoms with E-state index in [1.54, 1.807) is 0 Å². The lowest BCUT2D eigenvalue weighted by atomic mass is 9.77. The molecule has 0 aliphatic carbocycles. The van der Waals surface area contributed by atoms with E-state index in [0.29, 0.717) is 64.5 Å². The van der Waals surface area contributed by atoms with Crippen molar-refractivity contribution in [3.05, 3.63) is 0 Å². The first-order valence-electron chi connectivity index (χ1n) is 15.4. The number of nitrogens with one attached hydrogen (secondary N) is 2. The molecule has 41 heavy (non-hydrogen) atoms. The molecule has 0 rings (SSSR count). The van der Waals surface area contributed by atoms with E-state index in [2.05, 4.69) is 30.6 Å². The number of ether oxygens (including phenoxy) is 3. The molecule has 0 aromatic carbocycles. The molecule has 2 amide bonds. The molecular formula is C33H63N3O5. The second-order valence-electron chi connectivity index (χ2n) is 15.1. The van der Waals surface area contributed by atoms with Gasteiger partial charge < -0.3 is 24.8 Å². The molecule has 0 bridgehead atoms. The van der Waals surface area contributed by atoms with Crippen molar-refractivity contribution in [2.75, 3.05) is 32.9 Å². The molecule has 0 saturated carbocycles. The maximum absolute atomic E-state index is 12.9. The molecule has 0 aliphatic rings. The summed E-state index contributed by atoms with van der Waals surface area (Å²) in [5.74, 6) is 0.713. The third-order valence-corrected chi connectivity index (χ3v) is 7.72. The second-order valence-corrected chi connectivity index (χ2v) is 15.1. The van der Waals surface area contributed by atoms with Crippen LogP contribution in [0.2, 0.25) is 0 Å². The number of rotatable bonds is 21. The average Bonchev–Trinajstić information content (AvgIpc) is 2.81. The smallest absolute Gasteiger partial charge is 0.225 e. The number of nitrogens with zero attached hydrogens (tertiary/aromatic N) is 1. The van der Waals surface area contributed by atoms with Crippen LogP contribution in [0.25, 0.3) is 0 Å². The number of nitriles is 1. The summed E-state index contributed by atoms with van der Waals surface area (Å²) >= 11 is 0. The summed E-state index contributed by atoms with van der Waals surface area (Å²) in [5, 5.41) is 15.4. The van der Waals surface area contributed by atoms with Crippen LogP contribution in [0.1, 0.15) is 122 Å². The molecule has 8 nitrogen and oxygen atoms in total. The lowest BCUT2D eigenvalue weighted by Gasteiger charge is -2.40. The van der Waals surface area contributed by atoms with E-state index >= 15 is 0 Å². The van der Waals surface area contributed by atoms with Crippen LogP contribution in [0.3, 0.4) is 0 Å². The third kappa shape index (κ3) is 17.1. The van der Waals surface area contributed by atoms with Crippen molar-refractivity contribution in [1.29, 1.82) is 5.26 Å². The predicted molar refractivity (Wildman–Crippen MR) is 166 cm³/mol. The van der Waals surface area contributed by atoms with Gasteiger partial charge in [-0.25, -0.2) is 0 Å². The van der Waals surface area contributed by atoms with Crippen molar-refractivity contribution in [3.8, 4) is 6.07 Å². The Balaban J connectivity index is 4.64. The summed E-state index contributed by atoms with van der Waals surface area (Å²) in [6.07, 6.45) is 3.07. The largest absolute Gasteiger partial charge is 0.380 e. The van der Waals surface area contributed by atoms with Gasteiger partial charge in [-0.05, 0) is 86.0 Å². The van der Waals surface area contributed by atoms with Crippen LogP contribution in [-0.4, -0.2) is 61.5 Å². The van der Waals surface area contributed by atoms with Crippen molar-refractivity contribution in [3.63, 3.8) is 0 Å². The highest BCUT2D eigenvalue weighted by molar-refractivity contribution is 5.81. The molecule has 2 N–H and O–H groups in total. The van der Waals surface area contributed by atoms with Crippen molar-refractivity contribution in [1.82, 2.24) is 10.6 Å². The summed E-state index contributed by atoms with van der Waals surface area (Å²) in [6.45, 7) is 28.8. The maximum atomic E-state index is 12.9. The molecule has 0 fully saturated rings. The average molecular weight is 582 g/mol. The van der Waals surface area contributed by atoms with Gasteiger partial charge >= 0.3 is 0 Å². The molecule has 0 heterocycles. The molecule has 0 radical (unpaired) electrons. The third-order valence-electron chi connectivity index (χ3n) is 7.72. The second kappa shape index (κ2) is 16.8. The van der Waals surface area contributed by atoms with Gasteiger partial charge in [0.25, 0.3) is 0 Å². The van der Waals surface area contributed by atoms with Crippen LogP contribution < -0.4 is 10.6 Å². The predicted octanol–water partition coefficient (Wildman–Crippen LogP) is 6.42. The van der Waals surface area contributed by atoms with E-state index < -0.39 is 27.6 Å². The fourth-order valence-corrected chi connectivity index (χ4v) is 4.75. The Hall–Kier alpha value is -1.69. The van der Waals surface area contributed by atoms with Crippen molar-refractivity contribution in [2.45, 2.75) is 139 Å². The lowest BCUT2D eigenvalue weighted by molar-refractivity contribution is -0.159. The van der Waals surface area contributed by atoms with Gasteiger partial charge in [0.15, 0.2) is 0 Å². The minimum Gasteiger partial charge on any atom is -0.380 e. The Bertz CT molecular complexity index is 842. The van der Waals surface area contributed by atoms with Crippen LogP contribution >= 0.6 is 0 Å². The highest BCUT2D eigenvalue weighted by Gasteiger charge is 2.38. The minimum atomic E-state index is -0.603. The Morgan fingerprint density at radius 3 is 1.95 bits per heavy atom. The normalized spacial score (nSPS) is 14.6. The molecule has 0 spiro atoms. The molecule has 0 aromatic heterocycles. The van der Waals surface area contributed by atoms with Crippen molar-refractivity contribution >= 4 is 11.8 Å². The van der Waals surface area contributed by atoms with E-state index in [0.717, 1.165) is 6.42 Å². The summed E-state index contributed by atoms with van der Waals surface area (Å²) < 4.78 is 18.3. The van der Waals surface area contributed by atoms with Gasteiger partial charge in [-0.15, -0.1) is 0 Å². The number of amides is 2. The van der Waals surface area contributed by atoms with Gasteiger partial charge in [0.05, 0.1) is 41.5 Å².